The number of amides is 1. The van der Waals surface area contributed by atoms with Crippen LogP contribution >= 0.6 is 0 Å². The molecular weight excluding hydrogens is 264 g/mol. The Bertz CT molecular complexity index is 315. The molecule has 3 N–H and O–H groups in total. The largest absolute Gasteiger partial charge is 0.368 e. The number of primary amides is 1. The molecule has 0 aromatic heterocycles. The number of likely N-dealkylation sites (N-methyl/N-ethyl adjacent to an activating group) is 1. The van der Waals surface area contributed by atoms with Crippen LogP contribution in [0.5, 0.6) is 0 Å². The van der Waals surface area contributed by atoms with Crippen molar-refractivity contribution in [1.29, 1.82) is 0 Å². The smallest absolute Gasteiger partial charge is 0.237 e. The van der Waals surface area contributed by atoms with E-state index in [4.69, 9.17) is 5.73 Å². The Morgan fingerprint density at radius 1 is 1.38 bits per heavy atom. The van der Waals surface area contributed by atoms with Crippen molar-refractivity contribution in [3.63, 3.8) is 0 Å². The molecule has 0 aromatic rings. The van der Waals surface area contributed by atoms with Crippen molar-refractivity contribution < 1.29 is 4.79 Å². The first-order chi connectivity index (χ1) is 9.92. The summed E-state index contributed by atoms with van der Waals surface area (Å²) in [4.78, 5) is 16.6. The van der Waals surface area contributed by atoms with E-state index < -0.39 is 5.54 Å². The van der Waals surface area contributed by atoms with E-state index in [9.17, 15) is 4.79 Å². The molecule has 0 saturated carbocycles. The highest BCUT2D eigenvalue weighted by atomic mass is 16.1. The van der Waals surface area contributed by atoms with E-state index in [2.05, 4.69) is 29.1 Å². The Morgan fingerprint density at radius 3 is 2.48 bits per heavy atom. The Labute approximate surface area is 130 Å². The summed E-state index contributed by atoms with van der Waals surface area (Å²) in [5.74, 6) is -0.247. The standard InChI is InChI=1S/C16H34N4O/c1-5-18-16(3,15(17)21)10-7-11-19(4)14-8-12-20(6-2)13-9-14/h14,18H,5-13H2,1-4H3,(H2,17,21). The SMILES string of the molecule is CCNC(C)(CCCN(C)C1CCN(CC)CC1)C(N)=O. The summed E-state index contributed by atoms with van der Waals surface area (Å²) in [6.45, 7) is 11.5. The van der Waals surface area contributed by atoms with Gasteiger partial charge in [0, 0.05) is 6.04 Å². The number of nitrogens with one attached hydrogen (secondary N) is 1. The minimum absolute atomic E-state index is 0.247. The Morgan fingerprint density at radius 2 is 2.00 bits per heavy atom. The second-order valence-corrected chi connectivity index (χ2v) is 6.48. The highest BCUT2D eigenvalue weighted by Gasteiger charge is 2.29. The second kappa shape index (κ2) is 8.71. The predicted molar refractivity (Wildman–Crippen MR) is 88.3 cm³/mol. The number of nitrogens with zero attached hydrogens (tertiary/aromatic N) is 2. The number of rotatable bonds is 9. The molecule has 1 unspecified atom stereocenters. The first-order valence-electron chi connectivity index (χ1n) is 8.40. The molecule has 0 radical (unpaired) electrons. The quantitative estimate of drug-likeness (QED) is 0.667. The third-order valence-corrected chi connectivity index (χ3v) is 4.93. The average Bonchev–Trinajstić information content (AvgIpc) is 2.47. The molecule has 1 aliphatic heterocycles. The normalized spacial score (nSPS) is 20.6. The van der Waals surface area contributed by atoms with Gasteiger partial charge < -0.3 is 20.9 Å². The van der Waals surface area contributed by atoms with E-state index in [1.165, 1.54) is 25.9 Å². The summed E-state index contributed by atoms with van der Waals surface area (Å²) in [5, 5.41) is 3.23. The summed E-state index contributed by atoms with van der Waals surface area (Å²) in [5.41, 5.74) is 4.96. The van der Waals surface area contributed by atoms with Crippen molar-refractivity contribution >= 4 is 5.91 Å². The van der Waals surface area contributed by atoms with Crippen molar-refractivity contribution in [2.75, 3.05) is 39.8 Å². The van der Waals surface area contributed by atoms with Crippen LogP contribution in [-0.2, 0) is 4.79 Å². The minimum Gasteiger partial charge on any atom is -0.368 e. The molecule has 1 saturated heterocycles. The molecule has 1 rings (SSSR count). The fourth-order valence-corrected chi connectivity index (χ4v) is 3.23. The number of hydrogen-bond acceptors (Lipinski definition) is 4. The number of carbonyl (C=O) groups excluding carboxylic acids is 1. The molecule has 0 spiro atoms. The highest BCUT2D eigenvalue weighted by molar-refractivity contribution is 5.84. The van der Waals surface area contributed by atoms with Crippen LogP contribution in [0.1, 0.15) is 46.5 Å². The summed E-state index contributed by atoms with van der Waals surface area (Å²) in [6.07, 6.45) is 4.31. The predicted octanol–water partition coefficient (Wildman–Crippen LogP) is 1.04. The third-order valence-electron chi connectivity index (χ3n) is 4.93. The van der Waals surface area contributed by atoms with Gasteiger partial charge in [0.25, 0.3) is 0 Å². The van der Waals surface area contributed by atoms with Gasteiger partial charge in [0.2, 0.25) is 5.91 Å². The maximum atomic E-state index is 11.6. The molecule has 0 aromatic carbocycles. The number of nitrogens with two attached hydrogens (primary N) is 1. The Balaban J connectivity index is 2.32. The zero-order valence-corrected chi connectivity index (χ0v) is 14.3. The lowest BCUT2D eigenvalue weighted by molar-refractivity contribution is -0.124. The zero-order chi connectivity index (χ0) is 15.9. The molecule has 5 heteroatoms. The topological polar surface area (TPSA) is 61.6 Å². The molecule has 124 valence electrons. The lowest BCUT2D eigenvalue weighted by atomic mass is 9.94. The van der Waals surface area contributed by atoms with Crippen LogP contribution in [0.15, 0.2) is 0 Å². The van der Waals surface area contributed by atoms with E-state index in [1.807, 2.05) is 13.8 Å². The number of likely N-dealkylation sites (tertiary alicyclic amines) is 1. The minimum atomic E-state index is -0.568. The van der Waals surface area contributed by atoms with Gasteiger partial charge in [-0.3, -0.25) is 4.79 Å². The fraction of sp³-hybridized carbons (Fsp3) is 0.938. The van der Waals surface area contributed by atoms with Crippen molar-refractivity contribution in [2.45, 2.75) is 58.0 Å². The van der Waals surface area contributed by atoms with E-state index in [0.29, 0.717) is 6.04 Å². The van der Waals surface area contributed by atoms with Gasteiger partial charge in [-0.25, -0.2) is 0 Å². The molecule has 1 heterocycles. The maximum absolute atomic E-state index is 11.6. The van der Waals surface area contributed by atoms with Crippen LogP contribution < -0.4 is 11.1 Å². The van der Waals surface area contributed by atoms with Gasteiger partial charge in [-0.15, -0.1) is 0 Å². The van der Waals surface area contributed by atoms with Gasteiger partial charge in [-0.05, 0) is 72.4 Å². The van der Waals surface area contributed by atoms with Crippen molar-refractivity contribution in [3.05, 3.63) is 0 Å². The van der Waals surface area contributed by atoms with Crippen LogP contribution in [0.3, 0.4) is 0 Å². The first-order valence-corrected chi connectivity index (χ1v) is 8.40. The van der Waals surface area contributed by atoms with Gasteiger partial charge in [-0.1, -0.05) is 13.8 Å². The molecule has 5 nitrogen and oxygen atoms in total. The summed E-state index contributed by atoms with van der Waals surface area (Å²) < 4.78 is 0. The zero-order valence-electron chi connectivity index (χ0n) is 14.3. The van der Waals surface area contributed by atoms with Gasteiger partial charge in [-0.2, -0.15) is 0 Å². The third kappa shape index (κ3) is 5.57. The fourth-order valence-electron chi connectivity index (χ4n) is 3.23. The first kappa shape index (κ1) is 18.4. The van der Waals surface area contributed by atoms with Gasteiger partial charge in [0.15, 0.2) is 0 Å². The summed E-state index contributed by atoms with van der Waals surface area (Å²) >= 11 is 0. The van der Waals surface area contributed by atoms with Crippen LogP contribution in [0.4, 0.5) is 0 Å². The molecular formula is C16H34N4O. The van der Waals surface area contributed by atoms with Crippen molar-refractivity contribution in [3.8, 4) is 0 Å². The van der Waals surface area contributed by atoms with Crippen LogP contribution in [0.25, 0.3) is 0 Å². The lowest BCUT2D eigenvalue weighted by Gasteiger charge is -2.37. The Hall–Kier alpha value is -0.650. The van der Waals surface area contributed by atoms with Crippen LogP contribution in [-0.4, -0.2) is 67.1 Å². The molecule has 1 fully saturated rings. The molecule has 21 heavy (non-hydrogen) atoms. The van der Waals surface area contributed by atoms with E-state index in [1.54, 1.807) is 0 Å². The molecule has 1 aliphatic rings. The average molecular weight is 298 g/mol. The molecule has 0 aliphatic carbocycles. The van der Waals surface area contributed by atoms with Gasteiger partial charge in [0.1, 0.15) is 0 Å². The van der Waals surface area contributed by atoms with Crippen molar-refractivity contribution in [1.82, 2.24) is 15.1 Å². The summed E-state index contributed by atoms with van der Waals surface area (Å²) in [7, 11) is 2.21. The molecule has 1 amide bonds. The Kier molecular flexibility index (Phi) is 7.63. The number of piperidine rings is 1. The van der Waals surface area contributed by atoms with Gasteiger partial charge >= 0.3 is 0 Å². The van der Waals surface area contributed by atoms with Crippen molar-refractivity contribution in [2.24, 2.45) is 5.73 Å². The number of hydrogen-bond donors (Lipinski definition) is 2. The summed E-state index contributed by atoms with van der Waals surface area (Å²) in [6, 6.07) is 0.687. The van der Waals surface area contributed by atoms with Crippen LogP contribution in [0, 0.1) is 0 Å². The van der Waals surface area contributed by atoms with Crippen LogP contribution in [0.2, 0.25) is 0 Å². The monoisotopic (exact) mass is 298 g/mol. The second-order valence-electron chi connectivity index (χ2n) is 6.48. The van der Waals surface area contributed by atoms with E-state index in [0.717, 1.165) is 32.5 Å². The number of carbonyl (C=O) groups is 1. The molecule has 0 bridgehead atoms. The van der Waals surface area contributed by atoms with E-state index >= 15 is 0 Å². The van der Waals surface area contributed by atoms with Gasteiger partial charge in [0.05, 0.1) is 5.54 Å². The maximum Gasteiger partial charge on any atom is 0.237 e. The lowest BCUT2D eigenvalue weighted by Crippen LogP contribution is -2.53. The van der Waals surface area contributed by atoms with E-state index in [-0.39, 0.29) is 5.91 Å². The highest BCUT2D eigenvalue weighted by Crippen LogP contribution is 2.17. The molecule has 1 atom stereocenters.